The molecule has 1 aliphatic heterocycles. The zero-order chi connectivity index (χ0) is 28.9. The van der Waals surface area contributed by atoms with Gasteiger partial charge in [-0.2, -0.15) is 0 Å². The van der Waals surface area contributed by atoms with Gasteiger partial charge in [0.2, 0.25) is 17.7 Å². The summed E-state index contributed by atoms with van der Waals surface area (Å²) in [4.78, 5) is 44.5. The summed E-state index contributed by atoms with van der Waals surface area (Å²) in [6.45, 7) is 0.479. The lowest BCUT2D eigenvalue weighted by Gasteiger charge is -2.26. The Morgan fingerprint density at radius 3 is 2.12 bits per heavy atom. The maximum absolute atomic E-state index is 14.2. The van der Waals surface area contributed by atoms with E-state index in [2.05, 4.69) is 21.2 Å². The van der Waals surface area contributed by atoms with E-state index in [1.165, 1.54) is 11.0 Å². The van der Waals surface area contributed by atoms with E-state index in [0.717, 1.165) is 15.6 Å². The van der Waals surface area contributed by atoms with Crippen LogP contribution in [0.5, 0.6) is 0 Å². The van der Waals surface area contributed by atoms with E-state index in [4.69, 9.17) is 5.73 Å². The average molecular weight is 652 g/mol. The van der Waals surface area contributed by atoms with Crippen molar-refractivity contribution in [3.63, 3.8) is 0 Å². The summed E-state index contributed by atoms with van der Waals surface area (Å²) in [5.41, 5.74) is 9.46. The van der Waals surface area contributed by atoms with Gasteiger partial charge in [-0.3, -0.25) is 19.3 Å². The number of nitrogens with zero attached hydrogens (tertiary/aromatic N) is 2. The summed E-state index contributed by atoms with van der Waals surface area (Å²) in [6, 6.07) is 28.1. The van der Waals surface area contributed by atoms with Crippen molar-refractivity contribution in [1.82, 2.24) is 5.32 Å². The molecule has 0 saturated carbocycles. The van der Waals surface area contributed by atoms with E-state index in [0.29, 0.717) is 29.2 Å². The molecule has 0 spiro atoms. The molecule has 0 aliphatic carbocycles. The first-order valence-corrected chi connectivity index (χ1v) is 13.9. The van der Waals surface area contributed by atoms with E-state index >= 15 is 0 Å². The van der Waals surface area contributed by atoms with E-state index in [-0.39, 0.29) is 25.5 Å². The molecule has 1 aliphatic rings. The SMILES string of the molecule is Cl.NCc1ccc(N2C(=O)C(CC(=O)NCc3ccccc3F)C(=O)N(Cc3ccc(Br)cc3)c3ccccc32)cc1. The zero-order valence-corrected chi connectivity index (χ0v) is 24.9. The molecule has 1 atom stereocenters. The Labute approximate surface area is 258 Å². The van der Waals surface area contributed by atoms with Gasteiger partial charge in [0.15, 0.2) is 0 Å². The first kappa shape index (κ1) is 30.9. The summed E-state index contributed by atoms with van der Waals surface area (Å²) < 4.78 is 15.0. The molecular formula is C32H29BrClFN4O3. The van der Waals surface area contributed by atoms with Crippen LogP contribution in [0.15, 0.2) is 102 Å². The number of hydrogen-bond acceptors (Lipinski definition) is 4. The predicted octanol–water partition coefficient (Wildman–Crippen LogP) is 6.00. The smallest absolute Gasteiger partial charge is 0.244 e. The molecule has 0 saturated heterocycles. The van der Waals surface area contributed by atoms with Crippen molar-refractivity contribution >= 4 is 63.1 Å². The van der Waals surface area contributed by atoms with Crippen molar-refractivity contribution in [3.8, 4) is 0 Å². The van der Waals surface area contributed by atoms with E-state index < -0.39 is 35.9 Å². The van der Waals surface area contributed by atoms with E-state index in [1.54, 1.807) is 53.4 Å². The van der Waals surface area contributed by atoms with Gasteiger partial charge in [-0.05, 0) is 53.6 Å². The van der Waals surface area contributed by atoms with Crippen LogP contribution < -0.4 is 20.9 Å². The molecule has 4 aromatic rings. The van der Waals surface area contributed by atoms with Crippen LogP contribution in [0.2, 0.25) is 0 Å². The third-order valence-electron chi connectivity index (χ3n) is 7.00. The van der Waals surface area contributed by atoms with Crippen molar-refractivity contribution in [1.29, 1.82) is 0 Å². The molecule has 1 unspecified atom stereocenters. The molecule has 0 bridgehead atoms. The number of hydrogen-bond donors (Lipinski definition) is 2. The lowest BCUT2D eigenvalue weighted by Crippen LogP contribution is -2.43. The fourth-order valence-corrected chi connectivity index (χ4v) is 5.08. The number of para-hydroxylation sites is 2. The van der Waals surface area contributed by atoms with E-state index in [1.807, 2.05) is 42.5 Å². The summed E-state index contributed by atoms with van der Waals surface area (Å²) >= 11 is 3.44. The van der Waals surface area contributed by atoms with Crippen molar-refractivity contribution in [2.45, 2.75) is 26.1 Å². The van der Waals surface area contributed by atoms with Crippen LogP contribution in [-0.2, 0) is 34.0 Å². The molecule has 0 aromatic heterocycles. The fraction of sp³-hybridized carbons (Fsp3) is 0.156. The number of fused-ring (bicyclic) bond motifs is 1. The van der Waals surface area contributed by atoms with Gasteiger partial charge in [-0.1, -0.05) is 70.5 Å². The number of nitrogens with two attached hydrogens (primary N) is 1. The molecule has 42 heavy (non-hydrogen) atoms. The number of halogens is 3. The van der Waals surface area contributed by atoms with Crippen LogP contribution in [0.3, 0.4) is 0 Å². The highest BCUT2D eigenvalue weighted by Crippen LogP contribution is 2.40. The minimum atomic E-state index is -1.31. The lowest BCUT2D eigenvalue weighted by molar-refractivity contribution is -0.136. The van der Waals surface area contributed by atoms with Gasteiger partial charge in [-0.25, -0.2) is 4.39 Å². The summed E-state index contributed by atoms with van der Waals surface area (Å²) in [5, 5.41) is 2.67. The van der Waals surface area contributed by atoms with Gasteiger partial charge in [0.1, 0.15) is 11.7 Å². The van der Waals surface area contributed by atoms with Crippen LogP contribution in [0.4, 0.5) is 21.5 Å². The first-order chi connectivity index (χ1) is 19.9. The third kappa shape index (κ3) is 6.70. The number of amides is 3. The fourth-order valence-electron chi connectivity index (χ4n) is 4.82. The Bertz CT molecular complexity index is 1580. The van der Waals surface area contributed by atoms with Gasteiger partial charge in [0.05, 0.1) is 17.9 Å². The Morgan fingerprint density at radius 2 is 1.45 bits per heavy atom. The van der Waals surface area contributed by atoms with E-state index in [9.17, 15) is 18.8 Å². The van der Waals surface area contributed by atoms with Crippen LogP contribution in [-0.4, -0.2) is 17.7 Å². The van der Waals surface area contributed by atoms with Gasteiger partial charge in [0, 0.05) is 35.2 Å². The molecule has 10 heteroatoms. The topological polar surface area (TPSA) is 95.7 Å². The minimum absolute atomic E-state index is 0. The molecule has 7 nitrogen and oxygen atoms in total. The second kappa shape index (κ2) is 13.7. The monoisotopic (exact) mass is 650 g/mol. The molecular weight excluding hydrogens is 623 g/mol. The molecule has 216 valence electrons. The van der Waals surface area contributed by atoms with Crippen molar-refractivity contribution < 1.29 is 18.8 Å². The highest BCUT2D eigenvalue weighted by molar-refractivity contribution is 9.10. The van der Waals surface area contributed by atoms with Gasteiger partial charge in [0.25, 0.3) is 0 Å². The van der Waals surface area contributed by atoms with Crippen molar-refractivity contribution in [3.05, 3.63) is 124 Å². The second-order valence-electron chi connectivity index (χ2n) is 9.71. The second-order valence-corrected chi connectivity index (χ2v) is 10.6. The van der Waals surface area contributed by atoms with Gasteiger partial charge >= 0.3 is 0 Å². The molecule has 4 aromatic carbocycles. The molecule has 3 amide bonds. The molecule has 0 fully saturated rings. The number of carbonyl (C=O) groups is 3. The number of carbonyl (C=O) groups excluding carboxylic acids is 3. The normalized spacial score (nSPS) is 14.6. The summed E-state index contributed by atoms with van der Waals surface area (Å²) in [7, 11) is 0. The number of anilines is 3. The third-order valence-corrected chi connectivity index (χ3v) is 7.53. The highest BCUT2D eigenvalue weighted by Gasteiger charge is 2.42. The molecule has 5 rings (SSSR count). The lowest BCUT2D eigenvalue weighted by atomic mass is 10.0. The van der Waals surface area contributed by atoms with Crippen LogP contribution >= 0.6 is 28.3 Å². The van der Waals surface area contributed by atoms with Crippen LogP contribution in [0.1, 0.15) is 23.1 Å². The molecule has 3 N–H and O–H groups in total. The zero-order valence-electron chi connectivity index (χ0n) is 22.5. The predicted molar refractivity (Wildman–Crippen MR) is 167 cm³/mol. The van der Waals surface area contributed by atoms with Crippen LogP contribution in [0.25, 0.3) is 0 Å². The summed E-state index contributed by atoms with van der Waals surface area (Å²) in [5.74, 6) is -3.31. The Hall–Kier alpha value is -4.05. The standard InChI is InChI=1S/C32H28BrFN4O3.ClH/c33-24-13-9-22(10-14-24)20-37-28-7-3-4-8-29(28)38(25-15-11-21(18-35)12-16-25)32(41)26(31(37)40)17-30(39)36-19-23-5-1-2-6-27(23)34;/h1-16,26H,17-20,35H2,(H,36,39);1H. The first-order valence-electron chi connectivity index (χ1n) is 13.1. The van der Waals surface area contributed by atoms with Gasteiger partial charge in [-0.15, -0.1) is 12.4 Å². The Morgan fingerprint density at radius 1 is 0.833 bits per heavy atom. The van der Waals surface area contributed by atoms with Crippen LogP contribution in [0, 0.1) is 11.7 Å². The highest BCUT2D eigenvalue weighted by atomic mass is 79.9. The molecule has 0 radical (unpaired) electrons. The quantitative estimate of drug-likeness (QED) is 0.229. The van der Waals surface area contributed by atoms with Crippen molar-refractivity contribution in [2.75, 3.05) is 9.80 Å². The number of nitrogens with one attached hydrogen (secondary N) is 1. The average Bonchev–Trinajstić information content (AvgIpc) is 3.07. The number of rotatable bonds is 8. The minimum Gasteiger partial charge on any atom is -0.352 e. The van der Waals surface area contributed by atoms with Gasteiger partial charge < -0.3 is 16.0 Å². The van der Waals surface area contributed by atoms with Crippen molar-refractivity contribution in [2.24, 2.45) is 11.7 Å². The maximum Gasteiger partial charge on any atom is 0.244 e. The molecule has 1 heterocycles. The number of benzene rings is 4. The summed E-state index contributed by atoms with van der Waals surface area (Å²) in [6.07, 6.45) is -0.395. The Balaban J connectivity index is 0.00000405. The largest absolute Gasteiger partial charge is 0.352 e. The maximum atomic E-state index is 14.2. The Kier molecular flexibility index (Phi) is 10.1.